The normalized spacial score (nSPS) is 13.3. The van der Waals surface area contributed by atoms with Crippen LogP contribution in [-0.2, 0) is 13.7 Å². The van der Waals surface area contributed by atoms with Gasteiger partial charge in [-0.2, -0.15) is 0 Å². The number of imidazole rings is 1. The Morgan fingerprint density at radius 3 is 2.78 bits per heavy atom. The first kappa shape index (κ1) is 20.0. The molecule has 8 heteroatoms. The summed E-state index contributed by atoms with van der Waals surface area (Å²) in [6, 6.07) is 10.9. The highest BCUT2D eigenvalue weighted by Gasteiger charge is 2.24. The maximum Gasteiger partial charge on any atom is 0.265 e. The van der Waals surface area contributed by atoms with Gasteiger partial charge in [0.2, 0.25) is 0 Å². The molecule has 0 atom stereocenters. The summed E-state index contributed by atoms with van der Waals surface area (Å²) < 4.78 is 9.20. The zero-order valence-electron chi connectivity index (χ0n) is 17.9. The summed E-state index contributed by atoms with van der Waals surface area (Å²) >= 11 is 0. The predicted octanol–water partition coefficient (Wildman–Crippen LogP) is 2.90. The third-order valence-corrected chi connectivity index (χ3v) is 5.66. The molecular weight excluding hydrogens is 406 g/mol. The summed E-state index contributed by atoms with van der Waals surface area (Å²) in [4.78, 5) is 34.5. The molecule has 0 aliphatic heterocycles. The number of carbonyl (C=O) groups excluding carboxylic acids is 1. The lowest BCUT2D eigenvalue weighted by Gasteiger charge is -2.13. The Morgan fingerprint density at radius 1 is 1.19 bits per heavy atom. The number of carbonyl (C=O) groups is 1. The first-order valence-electron chi connectivity index (χ1n) is 10.5. The van der Waals surface area contributed by atoms with Gasteiger partial charge in [0.15, 0.2) is 0 Å². The molecule has 0 radical (unpaired) electrons. The molecule has 1 saturated carbocycles. The molecule has 1 aliphatic carbocycles. The number of nitrogens with zero attached hydrogens (tertiary/aromatic N) is 4. The SMILES string of the molecule is Cc1ccc(C(=O)NC2CC2)cc1-n1cnc2ccc(OCc3nccn3C)cc2c1=O. The zero-order valence-corrected chi connectivity index (χ0v) is 17.9. The Hall–Kier alpha value is -3.94. The molecule has 1 aliphatic rings. The van der Waals surface area contributed by atoms with Crippen LogP contribution >= 0.6 is 0 Å². The highest BCUT2D eigenvalue weighted by molar-refractivity contribution is 5.95. The summed E-state index contributed by atoms with van der Waals surface area (Å²) in [6.45, 7) is 2.20. The van der Waals surface area contributed by atoms with Crippen molar-refractivity contribution in [3.8, 4) is 11.4 Å². The Bertz CT molecular complexity index is 1380. The van der Waals surface area contributed by atoms with Gasteiger partial charge in [-0.05, 0) is 55.7 Å². The van der Waals surface area contributed by atoms with Crippen LogP contribution in [-0.4, -0.2) is 31.1 Å². The molecule has 1 amide bonds. The third kappa shape index (κ3) is 3.87. The molecule has 2 heterocycles. The summed E-state index contributed by atoms with van der Waals surface area (Å²) in [5, 5.41) is 3.43. The van der Waals surface area contributed by atoms with Gasteiger partial charge in [-0.1, -0.05) is 6.07 Å². The van der Waals surface area contributed by atoms with Crippen LogP contribution in [0.1, 0.15) is 34.6 Å². The summed E-state index contributed by atoms with van der Waals surface area (Å²) in [6.07, 6.45) is 7.10. The van der Waals surface area contributed by atoms with E-state index in [0.717, 1.165) is 24.2 Å². The number of ether oxygens (including phenoxy) is 1. The second-order valence-corrected chi connectivity index (χ2v) is 8.09. The van der Waals surface area contributed by atoms with E-state index in [1.807, 2.05) is 30.8 Å². The lowest BCUT2D eigenvalue weighted by Crippen LogP contribution is -2.26. The second kappa shape index (κ2) is 7.96. The lowest BCUT2D eigenvalue weighted by atomic mass is 10.1. The highest BCUT2D eigenvalue weighted by Crippen LogP contribution is 2.22. The average molecular weight is 429 g/mol. The van der Waals surface area contributed by atoms with Gasteiger partial charge < -0.3 is 14.6 Å². The minimum atomic E-state index is -0.222. The van der Waals surface area contributed by atoms with E-state index in [4.69, 9.17) is 4.74 Å². The fourth-order valence-electron chi connectivity index (χ4n) is 3.55. The molecule has 0 saturated heterocycles. The van der Waals surface area contributed by atoms with E-state index in [1.165, 1.54) is 10.9 Å². The van der Waals surface area contributed by atoms with Crippen molar-refractivity contribution in [1.82, 2.24) is 24.4 Å². The number of amides is 1. The molecule has 0 bridgehead atoms. The van der Waals surface area contributed by atoms with E-state index in [2.05, 4.69) is 15.3 Å². The topological polar surface area (TPSA) is 91.0 Å². The lowest BCUT2D eigenvalue weighted by molar-refractivity contribution is 0.0951. The van der Waals surface area contributed by atoms with Crippen LogP contribution < -0.4 is 15.6 Å². The molecule has 2 aromatic carbocycles. The van der Waals surface area contributed by atoms with Crippen molar-refractivity contribution < 1.29 is 9.53 Å². The molecule has 32 heavy (non-hydrogen) atoms. The van der Waals surface area contributed by atoms with Crippen LogP contribution in [0.5, 0.6) is 5.75 Å². The number of rotatable bonds is 6. The molecule has 162 valence electrons. The summed E-state index contributed by atoms with van der Waals surface area (Å²) in [5.74, 6) is 1.22. The van der Waals surface area contributed by atoms with Gasteiger partial charge in [-0.15, -0.1) is 0 Å². The van der Waals surface area contributed by atoms with Crippen molar-refractivity contribution in [2.75, 3.05) is 0 Å². The van der Waals surface area contributed by atoms with Gasteiger partial charge in [0, 0.05) is 31.0 Å². The number of aromatic nitrogens is 4. The van der Waals surface area contributed by atoms with Gasteiger partial charge in [0.1, 0.15) is 24.5 Å². The van der Waals surface area contributed by atoms with Gasteiger partial charge in [0.05, 0.1) is 16.6 Å². The van der Waals surface area contributed by atoms with Crippen molar-refractivity contribution in [3.05, 3.63) is 82.4 Å². The highest BCUT2D eigenvalue weighted by atomic mass is 16.5. The Morgan fingerprint density at radius 2 is 2.03 bits per heavy atom. The number of benzene rings is 2. The maximum absolute atomic E-state index is 13.3. The van der Waals surface area contributed by atoms with Gasteiger partial charge in [-0.3, -0.25) is 14.2 Å². The number of nitrogens with one attached hydrogen (secondary N) is 1. The van der Waals surface area contributed by atoms with Gasteiger partial charge >= 0.3 is 0 Å². The van der Waals surface area contributed by atoms with E-state index >= 15 is 0 Å². The van der Waals surface area contributed by atoms with E-state index < -0.39 is 0 Å². The third-order valence-electron chi connectivity index (χ3n) is 5.66. The molecule has 5 rings (SSSR count). The van der Waals surface area contributed by atoms with Gasteiger partial charge in [-0.25, -0.2) is 9.97 Å². The van der Waals surface area contributed by atoms with Crippen molar-refractivity contribution in [2.45, 2.75) is 32.4 Å². The van der Waals surface area contributed by atoms with Crippen LogP contribution in [0.2, 0.25) is 0 Å². The van der Waals surface area contributed by atoms with Crippen molar-refractivity contribution in [2.24, 2.45) is 7.05 Å². The van der Waals surface area contributed by atoms with Crippen LogP contribution in [0, 0.1) is 6.92 Å². The Balaban J connectivity index is 1.49. The monoisotopic (exact) mass is 429 g/mol. The first-order valence-corrected chi connectivity index (χ1v) is 10.5. The first-order chi connectivity index (χ1) is 15.5. The summed E-state index contributed by atoms with van der Waals surface area (Å²) in [7, 11) is 1.90. The number of hydrogen-bond donors (Lipinski definition) is 1. The van der Waals surface area contributed by atoms with Crippen molar-refractivity contribution in [1.29, 1.82) is 0 Å². The smallest absolute Gasteiger partial charge is 0.265 e. The molecule has 0 spiro atoms. The molecule has 4 aromatic rings. The Kier molecular flexibility index (Phi) is 4.97. The second-order valence-electron chi connectivity index (χ2n) is 8.09. The fourth-order valence-corrected chi connectivity index (χ4v) is 3.55. The molecule has 8 nitrogen and oxygen atoms in total. The number of hydrogen-bond acceptors (Lipinski definition) is 5. The van der Waals surface area contributed by atoms with E-state index in [1.54, 1.807) is 36.5 Å². The van der Waals surface area contributed by atoms with E-state index in [9.17, 15) is 9.59 Å². The molecule has 1 fully saturated rings. The minimum absolute atomic E-state index is 0.125. The molecule has 1 N–H and O–H groups in total. The standard InChI is InChI=1S/C24H23N5O3/c1-15-3-4-16(23(30)27-17-5-6-17)11-21(15)29-14-26-20-8-7-18(12-19(20)24(29)31)32-13-22-25-9-10-28(22)2/h3-4,7-12,14,17H,5-6,13H2,1-2H3,(H,27,30). The summed E-state index contributed by atoms with van der Waals surface area (Å²) in [5.41, 5.74) is 2.39. The van der Waals surface area contributed by atoms with Gasteiger partial charge in [0.25, 0.3) is 11.5 Å². The molecule has 2 aromatic heterocycles. The minimum Gasteiger partial charge on any atom is -0.486 e. The quantitative estimate of drug-likeness (QED) is 0.509. The largest absolute Gasteiger partial charge is 0.486 e. The van der Waals surface area contributed by atoms with Crippen LogP contribution in [0.4, 0.5) is 0 Å². The molecule has 0 unspecified atom stereocenters. The Labute approximate surface area is 184 Å². The van der Waals surface area contributed by atoms with Crippen LogP contribution in [0.25, 0.3) is 16.6 Å². The zero-order chi connectivity index (χ0) is 22.2. The van der Waals surface area contributed by atoms with E-state index in [-0.39, 0.29) is 17.5 Å². The predicted molar refractivity (Wildman–Crippen MR) is 120 cm³/mol. The average Bonchev–Trinajstić information content (AvgIpc) is 3.51. The van der Waals surface area contributed by atoms with Crippen molar-refractivity contribution in [3.63, 3.8) is 0 Å². The number of aryl methyl sites for hydroxylation is 2. The van der Waals surface area contributed by atoms with Crippen LogP contribution in [0.3, 0.4) is 0 Å². The van der Waals surface area contributed by atoms with Crippen LogP contribution in [0.15, 0.2) is 59.9 Å². The fraction of sp³-hybridized carbons (Fsp3) is 0.250. The number of fused-ring (bicyclic) bond motifs is 1. The maximum atomic E-state index is 13.3. The van der Waals surface area contributed by atoms with Crippen molar-refractivity contribution >= 4 is 16.8 Å². The molecular formula is C24H23N5O3. The van der Waals surface area contributed by atoms with E-state index in [0.29, 0.717) is 34.5 Å².